The van der Waals surface area contributed by atoms with E-state index < -0.39 is 0 Å². The molecule has 1 N–H and O–H groups in total. The summed E-state index contributed by atoms with van der Waals surface area (Å²) in [6.45, 7) is 0.519. The second-order valence-electron chi connectivity index (χ2n) is 6.41. The smallest absolute Gasteiger partial charge is 0.251 e. The maximum atomic E-state index is 12.5. The van der Waals surface area contributed by atoms with E-state index in [0.29, 0.717) is 12.1 Å². The van der Waals surface area contributed by atoms with Crippen LogP contribution < -0.4 is 15.0 Å². The Bertz CT molecular complexity index is 714. The molecule has 0 aliphatic rings. The summed E-state index contributed by atoms with van der Waals surface area (Å²) in [5, 5.41) is 3.04. The molecule has 0 fully saturated rings. The quantitative estimate of drug-likeness (QED) is 0.841. The molecule has 0 saturated carbocycles. The van der Waals surface area contributed by atoms with Crippen molar-refractivity contribution in [3.8, 4) is 5.75 Å². The van der Waals surface area contributed by atoms with Gasteiger partial charge in [-0.2, -0.15) is 0 Å². The Hall–Kier alpha value is -2.53. The standard InChI is InChI=1S/C20H27N3O2/c1-22(2)17-10-6-9-16(12-17)20(24)21-14-19(23(3)4)15-8-7-11-18(13-15)25-5/h6-13,19H,14H2,1-5H3,(H,21,24). The molecule has 0 bridgehead atoms. The van der Waals surface area contributed by atoms with Gasteiger partial charge in [-0.05, 0) is 50.0 Å². The first-order valence-electron chi connectivity index (χ1n) is 8.28. The van der Waals surface area contributed by atoms with Crippen LogP contribution in [0.5, 0.6) is 5.75 Å². The van der Waals surface area contributed by atoms with E-state index in [1.54, 1.807) is 7.11 Å². The molecule has 0 spiro atoms. The number of nitrogens with zero attached hydrogens (tertiary/aromatic N) is 2. The maximum Gasteiger partial charge on any atom is 0.251 e. The minimum absolute atomic E-state index is 0.0658. The number of rotatable bonds is 7. The van der Waals surface area contributed by atoms with Crippen LogP contribution in [0.3, 0.4) is 0 Å². The third kappa shape index (κ3) is 4.97. The van der Waals surface area contributed by atoms with Crippen molar-refractivity contribution in [2.45, 2.75) is 6.04 Å². The summed E-state index contributed by atoms with van der Waals surface area (Å²) in [4.78, 5) is 16.6. The first kappa shape index (κ1) is 18.8. The summed E-state index contributed by atoms with van der Waals surface area (Å²) in [7, 11) is 9.58. The van der Waals surface area contributed by atoms with Crippen molar-refractivity contribution >= 4 is 11.6 Å². The first-order chi connectivity index (χ1) is 11.9. The molecule has 1 atom stereocenters. The molecule has 1 amide bonds. The molecule has 0 radical (unpaired) electrons. The molecule has 0 aromatic heterocycles. The number of methoxy groups -OCH3 is 1. The molecule has 0 saturated heterocycles. The predicted octanol–water partition coefficient (Wildman–Crippen LogP) is 2.79. The number of carbonyl (C=O) groups is 1. The van der Waals surface area contributed by atoms with Crippen LogP contribution in [0.4, 0.5) is 5.69 Å². The van der Waals surface area contributed by atoms with Crippen molar-refractivity contribution in [1.82, 2.24) is 10.2 Å². The Morgan fingerprint density at radius 3 is 2.44 bits per heavy atom. The lowest BCUT2D eigenvalue weighted by Gasteiger charge is -2.25. The molecule has 0 aliphatic heterocycles. The van der Waals surface area contributed by atoms with Crippen molar-refractivity contribution in [1.29, 1.82) is 0 Å². The monoisotopic (exact) mass is 341 g/mol. The molecule has 2 aromatic rings. The van der Waals surface area contributed by atoms with Gasteiger partial charge in [0.1, 0.15) is 5.75 Å². The molecular formula is C20H27N3O2. The van der Waals surface area contributed by atoms with Crippen LogP contribution in [0.15, 0.2) is 48.5 Å². The van der Waals surface area contributed by atoms with Crippen molar-refractivity contribution < 1.29 is 9.53 Å². The van der Waals surface area contributed by atoms with Gasteiger partial charge in [0.15, 0.2) is 0 Å². The van der Waals surface area contributed by atoms with Crippen molar-refractivity contribution in [3.63, 3.8) is 0 Å². The zero-order valence-corrected chi connectivity index (χ0v) is 15.6. The van der Waals surface area contributed by atoms with Gasteiger partial charge in [-0.1, -0.05) is 18.2 Å². The summed E-state index contributed by atoms with van der Waals surface area (Å²) in [6.07, 6.45) is 0. The number of nitrogens with one attached hydrogen (secondary N) is 1. The maximum absolute atomic E-state index is 12.5. The van der Waals surface area contributed by atoms with Gasteiger partial charge in [0.2, 0.25) is 0 Å². The van der Waals surface area contributed by atoms with E-state index in [0.717, 1.165) is 17.0 Å². The SMILES string of the molecule is COc1cccc(C(CNC(=O)c2cccc(N(C)C)c2)N(C)C)c1. The highest BCUT2D eigenvalue weighted by Gasteiger charge is 2.16. The fraction of sp³-hybridized carbons (Fsp3) is 0.350. The van der Waals surface area contributed by atoms with E-state index in [2.05, 4.69) is 10.2 Å². The van der Waals surface area contributed by atoms with Crippen LogP contribution in [0.1, 0.15) is 22.0 Å². The van der Waals surface area contributed by atoms with Gasteiger partial charge in [-0.25, -0.2) is 0 Å². The average molecular weight is 341 g/mol. The van der Waals surface area contributed by atoms with Crippen molar-refractivity contribution in [2.24, 2.45) is 0 Å². The number of anilines is 1. The second-order valence-corrected chi connectivity index (χ2v) is 6.41. The minimum Gasteiger partial charge on any atom is -0.497 e. The lowest BCUT2D eigenvalue weighted by atomic mass is 10.1. The zero-order chi connectivity index (χ0) is 18.4. The fourth-order valence-electron chi connectivity index (χ4n) is 2.66. The van der Waals surface area contributed by atoms with E-state index in [1.807, 2.05) is 81.6 Å². The summed E-state index contributed by atoms with van der Waals surface area (Å²) in [5.41, 5.74) is 2.77. The highest BCUT2D eigenvalue weighted by atomic mass is 16.5. The van der Waals surface area contributed by atoms with Gasteiger partial charge in [0.25, 0.3) is 5.91 Å². The molecule has 1 unspecified atom stereocenters. The van der Waals surface area contributed by atoms with Crippen LogP contribution >= 0.6 is 0 Å². The van der Waals surface area contributed by atoms with Gasteiger partial charge < -0.3 is 19.9 Å². The van der Waals surface area contributed by atoms with Gasteiger partial charge in [-0.3, -0.25) is 4.79 Å². The van der Waals surface area contributed by atoms with E-state index in [9.17, 15) is 4.79 Å². The van der Waals surface area contributed by atoms with Crippen LogP contribution in [-0.2, 0) is 0 Å². The third-order valence-corrected chi connectivity index (χ3v) is 4.18. The van der Waals surface area contributed by atoms with Gasteiger partial charge in [0, 0.05) is 31.9 Å². The Kier molecular flexibility index (Phi) is 6.42. The van der Waals surface area contributed by atoms with Gasteiger partial charge in [-0.15, -0.1) is 0 Å². The normalized spacial score (nSPS) is 11.9. The van der Waals surface area contributed by atoms with Crippen LogP contribution in [0.2, 0.25) is 0 Å². The summed E-state index contributed by atoms with van der Waals surface area (Å²) < 4.78 is 5.30. The van der Waals surface area contributed by atoms with Crippen LogP contribution in [0.25, 0.3) is 0 Å². The van der Waals surface area contributed by atoms with Crippen molar-refractivity contribution in [2.75, 3.05) is 46.7 Å². The molecule has 5 heteroatoms. The van der Waals surface area contributed by atoms with E-state index in [1.165, 1.54) is 0 Å². The van der Waals surface area contributed by atoms with Gasteiger partial charge in [0.05, 0.1) is 13.2 Å². The second kappa shape index (κ2) is 8.53. The molecule has 2 rings (SSSR count). The molecule has 0 heterocycles. The number of benzene rings is 2. The highest BCUT2D eigenvalue weighted by molar-refractivity contribution is 5.95. The zero-order valence-electron chi connectivity index (χ0n) is 15.6. The molecule has 0 aliphatic carbocycles. The van der Waals surface area contributed by atoms with E-state index in [-0.39, 0.29) is 11.9 Å². The molecule has 2 aromatic carbocycles. The number of hydrogen-bond donors (Lipinski definition) is 1. The summed E-state index contributed by atoms with van der Waals surface area (Å²) >= 11 is 0. The molecule has 5 nitrogen and oxygen atoms in total. The number of likely N-dealkylation sites (N-methyl/N-ethyl adjacent to an activating group) is 1. The minimum atomic E-state index is -0.0709. The predicted molar refractivity (Wildman–Crippen MR) is 103 cm³/mol. The molecule has 25 heavy (non-hydrogen) atoms. The number of hydrogen-bond acceptors (Lipinski definition) is 4. The topological polar surface area (TPSA) is 44.8 Å². The Morgan fingerprint density at radius 2 is 1.80 bits per heavy atom. The average Bonchev–Trinajstić information content (AvgIpc) is 2.61. The number of ether oxygens (including phenoxy) is 1. The van der Waals surface area contributed by atoms with Gasteiger partial charge >= 0.3 is 0 Å². The van der Waals surface area contributed by atoms with Crippen LogP contribution in [-0.4, -0.2) is 52.7 Å². The van der Waals surface area contributed by atoms with E-state index >= 15 is 0 Å². The highest BCUT2D eigenvalue weighted by Crippen LogP contribution is 2.22. The lowest BCUT2D eigenvalue weighted by Crippen LogP contribution is -2.34. The van der Waals surface area contributed by atoms with Crippen LogP contribution in [0, 0.1) is 0 Å². The summed E-state index contributed by atoms with van der Waals surface area (Å²) in [6, 6.07) is 15.6. The summed E-state index contributed by atoms with van der Waals surface area (Å²) in [5.74, 6) is 0.743. The Labute approximate surface area is 150 Å². The largest absolute Gasteiger partial charge is 0.497 e. The van der Waals surface area contributed by atoms with Crippen molar-refractivity contribution in [3.05, 3.63) is 59.7 Å². The number of carbonyl (C=O) groups excluding carboxylic acids is 1. The number of amides is 1. The first-order valence-corrected chi connectivity index (χ1v) is 8.28. The van der Waals surface area contributed by atoms with E-state index in [4.69, 9.17) is 4.74 Å². The Balaban J connectivity index is 2.10. The fourth-order valence-corrected chi connectivity index (χ4v) is 2.66. The molecular weight excluding hydrogens is 314 g/mol. The Morgan fingerprint density at radius 1 is 1.08 bits per heavy atom. The lowest BCUT2D eigenvalue weighted by molar-refractivity contribution is 0.0942. The third-order valence-electron chi connectivity index (χ3n) is 4.18. The molecule has 134 valence electrons.